The van der Waals surface area contributed by atoms with Crippen molar-refractivity contribution in [2.45, 2.75) is 38.9 Å². The first-order valence-corrected chi connectivity index (χ1v) is 10.0. The fourth-order valence-electron chi connectivity index (χ4n) is 3.40. The van der Waals surface area contributed by atoms with Crippen LogP contribution in [0.5, 0.6) is 0 Å². The van der Waals surface area contributed by atoms with Gasteiger partial charge in [0.15, 0.2) is 5.96 Å². The Morgan fingerprint density at radius 3 is 2.77 bits per heavy atom. The maximum atomic E-state index is 14.0. The lowest BCUT2D eigenvalue weighted by atomic mass is 10.0. The number of halogens is 2. The molecule has 2 N–H and O–H groups in total. The first-order chi connectivity index (χ1) is 14.2. The molecule has 1 aromatic carbocycles. The Morgan fingerprint density at radius 1 is 1.30 bits per heavy atom. The molecule has 1 aromatic heterocycles. The van der Waals surface area contributed by atoms with Gasteiger partial charge in [-0.1, -0.05) is 6.07 Å². The largest absolute Gasteiger partial charge is 0.357 e. The van der Waals surface area contributed by atoms with E-state index in [1.807, 2.05) is 31.3 Å². The molecule has 0 saturated carbocycles. The number of hydrogen-bond acceptors (Lipinski definition) is 4. The number of aromatic nitrogens is 1. The Labute approximate surface area is 194 Å². The van der Waals surface area contributed by atoms with Crippen LogP contribution >= 0.6 is 24.0 Å². The fraction of sp³-hybridized carbons (Fsp3) is 0.409. The number of aliphatic imine (C=N–C) groups is 1. The summed E-state index contributed by atoms with van der Waals surface area (Å²) in [6.07, 6.45) is 3.85. The van der Waals surface area contributed by atoms with Crippen molar-refractivity contribution in [3.05, 3.63) is 65.2 Å². The predicted octanol–water partition coefficient (Wildman–Crippen LogP) is 3.43. The third-order valence-corrected chi connectivity index (χ3v) is 4.97. The van der Waals surface area contributed by atoms with Crippen LogP contribution in [0.15, 0.2) is 47.6 Å². The van der Waals surface area contributed by atoms with Crippen molar-refractivity contribution < 1.29 is 4.39 Å². The van der Waals surface area contributed by atoms with Gasteiger partial charge in [0.25, 0.3) is 0 Å². The number of piperidine rings is 1. The van der Waals surface area contributed by atoms with E-state index < -0.39 is 0 Å². The van der Waals surface area contributed by atoms with E-state index in [9.17, 15) is 4.39 Å². The van der Waals surface area contributed by atoms with E-state index in [1.54, 1.807) is 6.07 Å². The van der Waals surface area contributed by atoms with Crippen LogP contribution in [0.4, 0.5) is 4.39 Å². The molecule has 8 heteroatoms. The molecule has 30 heavy (non-hydrogen) atoms. The lowest BCUT2D eigenvalue weighted by Gasteiger charge is -2.32. The minimum Gasteiger partial charge on any atom is -0.357 e. The second-order valence-electron chi connectivity index (χ2n) is 7.13. The standard InChI is InChI=1S/C22H27FN6.HI/c1-2-25-22(27-15-18-13-17(14-24)6-7-21(18)23)28-19-8-11-29(12-9-19)16-20-5-3-4-10-26-20;/h3-7,10,13,19H,2,8-9,11-12,15-16H2,1H3,(H2,25,27,28);1H. The van der Waals surface area contributed by atoms with Crippen LogP contribution in [0.3, 0.4) is 0 Å². The van der Waals surface area contributed by atoms with E-state index in [0.29, 0.717) is 23.1 Å². The number of hydrogen-bond donors (Lipinski definition) is 2. The molecule has 0 spiro atoms. The van der Waals surface area contributed by atoms with Gasteiger partial charge in [-0.3, -0.25) is 9.88 Å². The van der Waals surface area contributed by atoms with Gasteiger partial charge in [0.2, 0.25) is 0 Å². The third kappa shape index (κ3) is 7.22. The lowest BCUT2D eigenvalue weighted by Crippen LogP contribution is -2.48. The average molecular weight is 522 g/mol. The summed E-state index contributed by atoms with van der Waals surface area (Å²) < 4.78 is 14.0. The van der Waals surface area contributed by atoms with Crippen molar-refractivity contribution in [1.29, 1.82) is 5.26 Å². The number of nitrogens with zero attached hydrogens (tertiary/aromatic N) is 4. The van der Waals surface area contributed by atoms with E-state index >= 15 is 0 Å². The topological polar surface area (TPSA) is 76.3 Å². The van der Waals surface area contributed by atoms with E-state index in [-0.39, 0.29) is 36.3 Å². The van der Waals surface area contributed by atoms with Crippen LogP contribution in [0.25, 0.3) is 0 Å². The summed E-state index contributed by atoms with van der Waals surface area (Å²) in [5.74, 6) is 0.337. The van der Waals surface area contributed by atoms with Gasteiger partial charge < -0.3 is 10.6 Å². The zero-order valence-electron chi connectivity index (χ0n) is 17.1. The predicted molar refractivity (Wildman–Crippen MR) is 127 cm³/mol. The summed E-state index contributed by atoms with van der Waals surface area (Å²) in [6.45, 7) is 5.78. The molecule has 0 radical (unpaired) electrons. The summed E-state index contributed by atoms with van der Waals surface area (Å²) in [5, 5.41) is 15.7. The maximum Gasteiger partial charge on any atom is 0.191 e. The molecular weight excluding hydrogens is 494 g/mol. The highest BCUT2D eigenvalue weighted by Gasteiger charge is 2.20. The number of rotatable bonds is 6. The third-order valence-electron chi connectivity index (χ3n) is 4.97. The van der Waals surface area contributed by atoms with Crippen LogP contribution < -0.4 is 10.6 Å². The Morgan fingerprint density at radius 2 is 2.10 bits per heavy atom. The zero-order valence-corrected chi connectivity index (χ0v) is 19.5. The highest BCUT2D eigenvalue weighted by atomic mass is 127. The molecule has 0 atom stereocenters. The summed E-state index contributed by atoms with van der Waals surface area (Å²) in [6, 6.07) is 12.7. The molecule has 1 saturated heterocycles. The number of pyridine rings is 1. The van der Waals surface area contributed by atoms with Crippen LogP contribution in [0.2, 0.25) is 0 Å². The smallest absolute Gasteiger partial charge is 0.191 e. The number of nitriles is 1. The maximum absolute atomic E-state index is 14.0. The minimum atomic E-state index is -0.341. The first kappa shape index (κ1) is 24.0. The van der Waals surface area contributed by atoms with Gasteiger partial charge in [-0.2, -0.15) is 5.26 Å². The van der Waals surface area contributed by atoms with Gasteiger partial charge in [-0.05, 0) is 50.1 Å². The van der Waals surface area contributed by atoms with Crippen molar-refractivity contribution in [3.63, 3.8) is 0 Å². The summed E-state index contributed by atoms with van der Waals surface area (Å²) in [5.41, 5.74) is 1.96. The minimum absolute atomic E-state index is 0. The van der Waals surface area contributed by atoms with Crippen molar-refractivity contribution in [3.8, 4) is 6.07 Å². The van der Waals surface area contributed by atoms with Gasteiger partial charge in [-0.15, -0.1) is 24.0 Å². The highest BCUT2D eigenvalue weighted by Crippen LogP contribution is 2.14. The fourth-order valence-corrected chi connectivity index (χ4v) is 3.40. The normalized spacial score (nSPS) is 15.2. The molecule has 3 rings (SSSR count). The van der Waals surface area contributed by atoms with Gasteiger partial charge in [0, 0.05) is 44.0 Å². The molecule has 160 valence electrons. The van der Waals surface area contributed by atoms with Gasteiger partial charge in [0.1, 0.15) is 5.82 Å². The lowest BCUT2D eigenvalue weighted by molar-refractivity contribution is 0.196. The van der Waals surface area contributed by atoms with Crippen LogP contribution in [-0.4, -0.2) is 41.5 Å². The Balaban J connectivity index is 0.00000320. The molecule has 6 nitrogen and oxygen atoms in total. The van der Waals surface area contributed by atoms with Crippen LogP contribution in [-0.2, 0) is 13.1 Å². The summed E-state index contributed by atoms with van der Waals surface area (Å²) in [7, 11) is 0. The molecule has 1 fully saturated rings. The van der Waals surface area contributed by atoms with Gasteiger partial charge in [0.05, 0.1) is 23.9 Å². The van der Waals surface area contributed by atoms with Gasteiger partial charge >= 0.3 is 0 Å². The van der Waals surface area contributed by atoms with Crippen molar-refractivity contribution >= 4 is 29.9 Å². The quantitative estimate of drug-likeness (QED) is 0.346. The van der Waals surface area contributed by atoms with Crippen molar-refractivity contribution in [2.75, 3.05) is 19.6 Å². The van der Waals surface area contributed by atoms with Gasteiger partial charge in [-0.25, -0.2) is 9.38 Å². The molecule has 0 bridgehead atoms. The SMILES string of the molecule is CCNC(=NCc1cc(C#N)ccc1F)NC1CCN(Cc2ccccn2)CC1.I. The summed E-state index contributed by atoms with van der Waals surface area (Å²) >= 11 is 0. The van der Waals surface area contributed by atoms with Crippen LogP contribution in [0.1, 0.15) is 36.6 Å². The molecule has 2 heterocycles. The number of nitrogens with one attached hydrogen (secondary N) is 2. The molecule has 1 aliphatic rings. The molecular formula is C22H28FIN6. The molecule has 0 unspecified atom stereocenters. The van der Waals surface area contributed by atoms with E-state index in [0.717, 1.165) is 44.7 Å². The Kier molecular flexibility index (Phi) is 9.97. The second-order valence-corrected chi connectivity index (χ2v) is 7.13. The highest BCUT2D eigenvalue weighted by molar-refractivity contribution is 14.0. The molecule has 0 aliphatic carbocycles. The molecule has 1 aliphatic heterocycles. The average Bonchev–Trinajstić information content (AvgIpc) is 2.75. The van der Waals surface area contributed by atoms with Crippen LogP contribution in [0, 0.1) is 17.1 Å². The Hall–Kier alpha value is -2.25. The number of likely N-dealkylation sites (tertiary alicyclic amines) is 1. The number of guanidine groups is 1. The monoisotopic (exact) mass is 522 g/mol. The molecule has 2 aromatic rings. The number of benzene rings is 1. The van der Waals surface area contributed by atoms with E-state index in [2.05, 4.69) is 31.6 Å². The van der Waals surface area contributed by atoms with Crippen molar-refractivity contribution in [2.24, 2.45) is 4.99 Å². The van der Waals surface area contributed by atoms with Crippen molar-refractivity contribution in [1.82, 2.24) is 20.5 Å². The Bertz CT molecular complexity index is 860. The van der Waals surface area contributed by atoms with E-state index in [1.165, 1.54) is 12.1 Å². The first-order valence-electron chi connectivity index (χ1n) is 10.0. The summed E-state index contributed by atoms with van der Waals surface area (Å²) in [4.78, 5) is 11.3. The second kappa shape index (κ2) is 12.4. The van der Waals surface area contributed by atoms with E-state index in [4.69, 9.17) is 5.26 Å². The molecule has 0 amide bonds. The zero-order chi connectivity index (χ0) is 20.5.